The van der Waals surface area contributed by atoms with E-state index >= 15 is 0 Å². The fraction of sp³-hybridized carbons (Fsp3) is 0.381. The van der Waals surface area contributed by atoms with Crippen LogP contribution in [0.15, 0.2) is 30.6 Å². The number of aliphatic carboxylic acids is 1. The third-order valence-electron chi connectivity index (χ3n) is 4.88. The average molecular weight is 402 g/mol. The molecule has 0 unspecified atom stereocenters. The zero-order valence-electron chi connectivity index (χ0n) is 15.9. The van der Waals surface area contributed by atoms with Gasteiger partial charge in [0.05, 0.1) is 22.8 Å². The third kappa shape index (κ3) is 4.34. The van der Waals surface area contributed by atoms with E-state index in [4.69, 9.17) is 16.7 Å². The molecular formula is C21H24ClN3O3. The summed E-state index contributed by atoms with van der Waals surface area (Å²) in [6, 6.07) is 5.95. The molecular weight excluding hydrogens is 378 g/mol. The molecule has 3 aromatic rings. The number of carboxylic acid groups (broad SMARTS) is 1. The van der Waals surface area contributed by atoms with Crippen molar-refractivity contribution >= 4 is 23.1 Å². The molecule has 0 atom stereocenters. The highest BCUT2D eigenvalue weighted by Gasteiger charge is 2.18. The second kappa shape index (κ2) is 9.17. The smallest absolute Gasteiger partial charge is 0.303 e. The Labute approximate surface area is 168 Å². The van der Waals surface area contributed by atoms with Gasteiger partial charge in [-0.1, -0.05) is 24.9 Å². The van der Waals surface area contributed by atoms with E-state index in [1.165, 1.54) is 0 Å². The van der Waals surface area contributed by atoms with Crippen molar-refractivity contribution in [2.45, 2.75) is 52.1 Å². The molecule has 148 valence electrons. The Bertz CT molecular complexity index is 984. The number of rotatable bonds is 9. The molecule has 0 spiro atoms. The molecule has 0 radical (unpaired) electrons. The summed E-state index contributed by atoms with van der Waals surface area (Å²) in [7, 11) is 0. The lowest BCUT2D eigenvalue weighted by Crippen LogP contribution is -2.09. The SMILES string of the molecule is CCc1ccc2c(-c3cncc(Cl)c3)c(CCCCCC(=O)O)c(CO)nn12. The van der Waals surface area contributed by atoms with Crippen molar-refractivity contribution < 1.29 is 15.0 Å². The molecule has 28 heavy (non-hydrogen) atoms. The Morgan fingerprint density at radius 3 is 2.71 bits per heavy atom. The monoisotopic (exact) mass is 401 g/mol. The number of carbonyl (C=O) groups is 1. The van der Waals surface area contributed by atoms with Crippen LogP contribution in [0.2, 0.25) is 5.02 Å². The number of aromatic nitrogens is 3. The number of aliphatic hydroxyl groups excluding tert-OH is 1. The predicted octanol–water partition coefficient (Wildman–Crippen LogP) is 4.29. The van der Waals surface area contributed by atoms with Crippen molar-refractivity contribution in [2.75, 3.05) is 0 Å². The number of hydrogen-bond acceptors (Lipinski definition) is 4. The number of pyridine rings is 1. The van der Waals surface area contributed by atoms with Gasteiger partial charge in [0.2, 0.25) is 0 Å². The molecule has 0 aliphatic rings. The normalized spacial score (nSPS) is 11.2. The third-order valence-corrected chi connectivity index (χ3v) is 5.09. The molecule has 0 saturated heterocycles. The van der Waals surface area contributed by atoms with Crippen LogP contribution in [0.4, 0.5) is 0 Å². The first-order chi connectivity index (χ1) is 13.5. The van der Waals surface area contributed by atoms with Gasteiger partial charge in [0, 0.05) is 35.6 Å². The standard InChI is InChI=1S/C21H24ClN3O3/c1-2-16-8-9-19-21(14-10-15(22)12-23-11-14)17(18(13-26)24-25(16)19)6-4-3-5-7-20(27)28/h8-12,26H,2-7,13H2,1H3,(H,27,28). The predicted molar refractivity (Wildman–Crippen MR) is 109 cm³/mol. The number of fused-ring (bicyclic) bond motifs is 1. The van der Waals surface area contributed by atoms with Crippen molar-refractivity contribution in [3.05, 3.63) is 52.6 Å². The minimum absolute atomic E-state index is 0.164. The van der Waals surface area contributed by atoms with E-state index in [0.29, 0.717) is 23.6 Å². The molecule has 3 rings (SSSR count). The van der Waals surface area contributed by atoms with Gasteiger partial charge >= 0.3 is 5.97 Å². The molecule has 6 nitrogen and oxygen atoms in total. The van der Waals surface area contributed by atoms with E-state index in [1.54, 1.807) is 12.4 Å². The van der Waals surface area contributed by atoms with Gasteiger partial charge < -0.3 is 10.2 Å². The largest absolute Gasteiger partial charge is 0.481 e. The van der Waals surface area contributed by atoms with Crippen LogP contribution in [0, 0.1) is 0 Å². The lowest BCUT2D eigenvalue weighted by Gasteiger charge is -2.16. The van der Waals surface area contributed by atoms with Crippen LogP contribution in [-0.2, 0) is 24.2 Å². The molecule has 0 bridgehead atoms. The minimum atomic E-state index is -0.773. The summed E-state index contributed by atoms with van der Waals surface area (Å²) in [6.45, 7) is 1.90. The Hall–Kier alpha value is -2.44. The van der Waals surface area contributed by atoms with E-state index in [0.717, 1.165) is 47.2 Å². The number of aliphatic hydroxyl groups is 1. The van der Waals surface area contributed by atoms with Crippen molar-refractivity contribution in [3.63, 3.8) is 0 Å². The zero-order chi connectivity index (χ0) is 20.1. The molecule has 2 N–H and O–H groups in total. The summed E-state index contributed by atoms with van der Waals surface area (Å²) in [6.07, 6.45) is 7.33. The number of carboxylic acids is 1. The summed E-state index contributed by atoms with van der Waals surface area (Å²) in [5.41, 5.74) is 5.48. The maximum absolute atomic E-state index is 10.7. The summed E-state index contributed by atoms with van der Waals surface area (Å²) in [5, 5.41) is 24.0. The van der Waals surface area contributed by atoms with E-state index < -0.39 is 5.97 Å². The second-order valence-electron chi connectivity index (χ2n) is 6.78. The van der Waals surface area contributed by atoms with Gasteiger partial charge in [-0.2, -0.15) is 5.10 Å². The minimum Gasteiger partial charge on any atom is -0.481 e. The number of hydrogen-bond donors (Lipinski definition) is 2. The summed E-state index contributed by atoms with van der Waals surface area (Å²) in [4.78, 5) is 14.9. The first-order valence-corrected chi connectivity index (χ1v) is 9.88. The first-order valence-electron chi connectivity index (χ1n) is 9.51. The zero-order valence-corrected chi connectivity index (χ0v) is 16.6. The quantitative estimate of drug-likeness (QED) is 0.522. The fourth-order valence-electron chi connectivity index (χ4n) is 3.55. The number of nitrogens with zero attached hydrogens (tertiary/aromatic N) is 3. The van der Waals surface area contributed by atoms with Crippen LogP contribution in [0.25, 0.3) is 16.6 Å². The van der Waals surface area contributed by atoms with Crippen LogP contribution in [0.3, 0.4) is 0 Å². The van der Waals surface area contributed by atoms with E-state index in [1.807, 2.05) is 22.7 Å². The lowest BCUT2D eigenvalue weighted by molar-refractivity contribution is -0.137. The molecule has 0 aliphatic heterocycles. The molecule has 0 aromatic carbocycles. The highest BCUT2D eigenvalue weighted by atomic mass is 35.5. The van der Waals surface area contributed by atoms with Gasteiger partial charge in [-0.05, 0) is 49.4 Å². The van der Waals surface area contributed by atoms with Gasteiger partial charge in [-0.15, -0.1) is 0 Å². The topological polar surface area (TPSA) is 87.7 Å². The van der Waals surface area contributed by atoms with Gasteiger partial charge in [-0.25, -0.2) is 4.52 Å². The first kappa shape index (κ1) is 20.3. The van der Waals surface area contributed by atoms with Crippen LogP contribution >= 0.6 is 11.6 Å². The van der Waals surface area contributed by atoms with Crippen molar-refractivity contribution in [2.24, 2.45) is 0 Å². The number of unbranched alkanes of at least 4 members (excludes halogenated alkanes) is 2. The van der Waals surface area contributed by atoms with Gasteiger partial charge in [-0.3, -0.25) is 9.78 Å². The Kier molecular flexibility index (Phi) is 6.65. The molecule has 0 fully saturated rings. The Morgan fingerprint density at radius 1 is 1.21 bits per heavy atom. The van der Waals surface area contributed by atoms with E-state index in [2.05, 4.69) is 17.0 Å². The van der Waals surface area contributed by atoms with Crippen LogP contribution in [-0.4, -0.2) is 30.8 Å². The summed E-state index contributed by atoms with van der Waals surface area (Å²) < 4.78 is 1.88. The fourth-order valence-corrected chi connectivity index (χ4v) is 3.72. The van der Waals surface area contributed by atoms with Crippen molar-refractivity contribution in [1.82, 2.24) is 14.6 Å². The summed E-state index contributed by atoms with van der Waals surface area (Å²) in [5.74, 6) is -0.773. The van der Waals surface area contributed by atoms with Gasteiger partial charge in [0.1, 0.15) is 0 Å². The van der Waals surface area contributed by atoms with Crippen molar-refractivity contribution in [1.29, 1.82) is 0 Å². The van der Waals surface area contributed by atoms with Crippen molar-refractivity contribution in [3.8, 4) is 11.1 Å². The molecule has 0 amide bonds. The maximum Gasteiger partial charge on any atom is 0.303 e. The van der Waals surface area contributed by atoms with E-state index in [9.17, 15) is 9.90 Å². The van der Waals surface area contributed by atoms with E-state index in [-0.39, 0.29) is 13.0 Å². The van der Waals surface area contributed by atoms with Crippen LogP contribution < -0.4 is 0 Å². The molecule has 0 aliphatic carbocycles. The molecule has 3 heterocycles. The van der Waals surface area contributed by atoms with Gasteiger partial charge in [0.25, 0.3) is 0 Å². The number of halogens is 1. The number of aryl methyl sites for hydroxylation is 1. The Morgan fingerprint density at radius 2 is 2.04 bits per heavy atom. The average Bonchev–Trinajstić information content (AvgIpc) is 3.09. The molecule has 3 aromatic heterocycles. The highest BCUT2D eigenvalue weighted by Crippen LogP contribution is 2.33. The molecule has 7 heteroatoms. The van der Waals surface area contributed by atoms with Crippen LogP contribution in [0.5, 0.6) is 0 Å². The Balaban J connectivity index is 2.06. The highest BCUT2D eigenvalue weighted by molar-refractivity contribution is 6.30. The lowest BCUT2D eigenvalue weighted by atomic mass is 9.95. The second-order valence-corrected chi connectivity index (χ2v) is 7.22. The van der Waals surface area contributed by atoms with Crippen LogP contribution in [0.1, 0.15) is 49.6 Å². The van der Waals surface area contributed by atoms with Gasteiger partial charge in [0.15, 0.2) is 0 Å². The summed E-state index contributed by atoms with van der Waals surface area (Å²) >= 11 is 6.19. The maximum atomic E-state index is 10.7. The molecule has 0 saturated carbocycles.